The summed E-state index contributed by atoms with van der Waals surface area (Å²) in [4.78, 5) is 12.5. The van der Waals surface area contributed by atoms with Gasteiger partial charge >= 0.3 is 0 Å². The number of methoxy groups -OCH3 is 2. The highest BCUT2D eigenvalue weighted by atomic mass is 32.2. The minimum Gasteiger partial charge on any atom is -0.497 e. The van der Waals surface area contributed by atoms with Crippen LogP contribution in [0.15, 0.2) is 47.4 Å². The van der Waals surface area contributed by atoms with E-state index >= 15 is 0 Å². The summed E-state index contributed by atoms with van der Waals surface area (Å²) in [6, 6.07) is 10.4. The average molecular weight is 514 g/mol. The zero-order valence-corrected chi connectivity index (χ0v) is 21.5. The second-order valence-electron chi connectivity index (χ2n) is 7.82. The van der Waals surface area contributed by atoms with Gasteiger partial charge in [-0.15, -0.1) is 0 Å². The first-order chi connectivity index (χ1) is 15.9. The highest BCUT2D eigenvalue weighted by Crippen LogP contribution is 2.28. The van der Waals surface area contributed by atoms with Crippen LogP contribution < -0.4 is 23.8 Å². The van der Waals surface area contributed by atoms with Gasteiger partial charge in [0.25, 0.3) is 0 Å². The molecule has 0 aromatic heterocycles. The molecular weight excluding hydrogens is 482 g/mol. The Bertz CT molecular complexity index is 1200. The summed E-state index contributed by atoms with van der Waals surface area (Å²) in [5.74, 6) is 0.485. The smallest absolute Gasteiger partial charge is 0.240 e. The van der Waals surface area contributed by atoms with Crippen molar-refractivity contribution in [3.63, 3.8) is 0 Å². The van der Waals surface area contributed by atoms with Crippen LogP contribution in [0, 0.1) is 0 Å². The number of anilines is 2. The molecule has 0 unspecified atom stereocenters. The Balaban J connectivity index is 2.10. The zero-order chi connectivity index (χ0) is 25.5. The normalized spacial score (nSPS) is 11.8. The van der Waals surface area contributed by atoms with Crippen LogP contribution >= 0.6 is 0 Å². The van der Waals surface area contributed by atoms with Crippen molar-refractivity contribution in [3.8, 4) is 11.5 Å². The first-order valence-corrected chi connectivity index (χ1v) is 13.8. The van der Waals surface area contributed by atoms with Crippen molar-refractivity contribution in [2.24, 2.45) is 0 Å². The van der Waals surface area contributed by atoms with E-state index in [1.54, 1.807) is 38.1 Å². The van der Waals surface area contributed by atoms with Crippen molar-refractivity contribution in [1.29, 1.82) is 0 Å². The number of hydrogen-bond donors (Lipinski definition) is 2. The van der Waals surface area contributed by atoms with E-state index in [-0.39, 0.29) is 36.0 Å². The Labute approximate surface area is 201 Å². The maximum Gasteiger partial charge on any atom is 0.240 e. The van der Waals surface area contributed by atoms with E-state index in [0.717, 1.165) is 6.26 Å². The lowest BCUT2D eigenvalue weighted by atomic mass is 10.2. The van der Waals surface area contributed by atoms with E-state index in [9.17, 15) is 21.6 Å². The van der Waals surface area contributed by atoms with E-state index in [0.29, 0.717) is 17.2 Å². The Kier molecular flexibility index (Phi) is 9.30. The molecule has 0 aliphatic rings. The molecule has 10 nitrogen and oxygen atoms in total. The minimum absolute atomic E-state index is 0.00650. The number of nitrogens with zero attached hydrogens (tertiary/aromatic N) is 1. The number of benzene rings is 2. The molecular formula is C22H31N3O7S2. The Morgan fingerprint density at radius 3 is 2.18 bits per heavy atom. The summed E-state index contributed by atoms with van der Waals surface area (Å²) in [6.45, 7) is 3.49. The lowest BCUT2D eigenvalue weighted by Gasteiger charge is -2.22. The molecule has 0 aliphatic carbocycles. The van der Waals surface area contributed by atoms with Crippen molar-refractivity contribution < 1.29 is 31.1 Å². The predicted octanol–water partition coefficient (Wildman–Crippen LogP) is 2.58. The molecule has 0 bridgehead atoms. The van der Waals surface area contributed by atoms with Gasteiger partial charge in [-0.1, -0.05) is 0 Å². The quantitative estimate of drug-likeness (QED) is 0.446. The van der Waals surface area contributed by atoms with Gasteiger partial charge in [0.1, 0.15) is 11.5 Å². The molecule has 2 N–H and O–H groups in total. The van der Waals surface area contributed by atoms with Crippen LogP contribution in [-0.4, -0.2) is 55.8 Å². The standard InChI is InChI=1S/C22H31N3O7S2/c1-16(2)24-34(29,30)19-12-13-21(32-4)20(15-19)23-22(26)7-6-14-25(33(5,27)28)17-8-10-18(31-3)11-9-17/h8-13,15-16,24H,6-7,14H2,1-5H3,(H,23,26). The summed E-state index contributed by atoms with van der Waals surface area (Å²) in [5.41, 5.74) is 0.662. The van der Waals surface area contributed by atoms with Gasteiger partial charge in [-0.05, 0) is 62.7 Å². The van der Waals surface area contributed by atoms with E-state index in [1.165, 1.54) is 36.7 Å². The fraction of sp³-hybridized carbons (Fsp3) is 0.409. The van der Waals surface area contributed by atoms with Crippen molar-refractivity contribution in [2.75, 3.05) is 36.6 Å². The van der Waals surface area contributed by atoms with Gasteiger partial charge in [-0.3, -0.25) is 9.10 Å². The molecule has 0 heterocycles. The number of rotatable bonds is 12. The molecule has 0 fully saturated rings. The molecule has 188 valence electrons. The van der Waals surface area contributed by atoms with Gasteiger partial charge in [-0.2, -0.15) is 0 Å². The summed E-state index contributed by atoms with van der Waals surface area (Å²) in [5, 5.41) is 2.65. The number of carbonyl (C=O) groups excluding carboxylic acids is 1. The first-order valence-electron chi connectivity index (χ1n) is 10.5. The van der Waals surface area contributed by atoms with Crippen LogP contribution in [0.5, 0.6) is 11.5 Å². The maximum absolute atomic E-state index is 12.6. The average Bonchev–Trinajstić information content (AvgIpc) is 2.75. The lowest BCUT2D eigenvalue weighted by molar-refractivity contribution is -0.116. The van der Waals surface area contributed by atoms with Gasteiger partial charge < -0.3 is 14.8 Å². The monoisotopic (exact) mass is 513 g/mol. The summed E-state index contributed by atoms with van der Waals surface area (Å²) in [7, 11) is -4.41. The van der Waals surface area contributed by atoms with E-state index in [1.807, 2.05) is 0 Å². The molecule has 0 spiro atoms. The van der Waals surface area contributed by atoms with E-state index in [2.05, 4.69) is 10.0 Å². The van der Waals surface area contributed by atoms with Crippen LogP contribution in [-0.2, 0) is 24.8 Å². The first kappa shape index (κ1) is 27.4. The molecule has 2 rings (SSSR count). The third-order valence-corrected chi connectivity index (χ3v) is 7.52. The number of carbonyl (C=O) groups is 1. The highest BCUT2D eigenvalue weighted by molar-refractivity contribution is 7.92. The topological polar surface area (TPSA) is 131 Å². The maximum atomic E-state index is 12.6. The van der Waals surface area contributed by atoms with Gasteiger partial charge in [-0.25, -0.2) is 21.6 Å². The second-order valence-corrected chi connectivity index (χ2v) is 11.4. The van der Waals surface area contributed by atoms with Crippen LogP contribution in [0.3, 0.4) is 0 Å². The summed E-state index contributed by atoms with van der Waals surface area (Å²) < 4.78 is 63.5. The van der Waals surface area contributed by atoms with Crippen LogP contribution in [0.2, 0.25) is 0 Å². The van der Waals surface area contributed by atoms with Gasteiger partial charge in [0.15, 0.2) is 0 Å². The number of sulfonamides is 2. The van der Waals surface area contributed by atoms with Crippen molar-refractivity contribution in [2.45, 2.75) is 37.6 Å². The molecule has 2 aromatic carbocycles. The number of nitrogens with one attached hydrogen (secondary N) is 2. The fourth-order valence-electron chi connectivity index (χ4n) is 3.16. The van der Waals surface area contributed by atoms with Crippen LogP contribution in [0.4, 0.5) is 11.4 Å². The molecule has 2 aromatic rings. The van der Waals surface area contributed by atoms with Crippen molar-refractivity contribution >= 4 is 37.3 Å². The van der Waals surface area contributed by atoms with Gasteiger partial charge in [0.05, 0.1) is 36.7 Å². The number of amides is 1. The third kappa shape index (κ3) is 7.61. The molecule has 0 radical (unpaired) electrons. The number of ether oxygens (including phenoxy) is 2. The molecule has 0 saturated heterocycles. The van der Waals surface area contributed by atoms with Crippen LogP contribution in [0.25, 0.3) is 0 Å². The highest BCUT2D eigenvalue weighted by Gasteiger charge is 2.20. The molecule has 1 amide bonds. The Morgan fingerprint density at radius 2 is 1.65 bits per heavy atom. The molecule has 0 aliphatic heterocycles. The van der Waals surface area contributed by atoms with Gasteiger partial charge in [0.2, 0.25) is 26.0 Å². The third-order valence-electron chi connectivity index (χ3n) is 4.67. The van der Waals surface area contributed by atoms with Crippen LogP contribution in [0.1, 0.15) is 26.7 Å². The Hall–Kier alpha value is -2.83. The summed E-state index contributed by atoms with van der Waals surface area (Å²) in [6.07, 6.45) is 1.34. The van der Waals surface area contributed by atoms with Gasteiger partial charge in [0, 0.05) is 19.0 Å². The van der Waals surface area contributed by atoms with Crippen molar-refractivity contribution in [1.82, 2.24) is 4.72 Å². The van der Waals surface area contributed by atoms with E-state index in [4.69, 9.17) is 9.47 Å². The molecule has 34 heavy (non-hydrogen) atoms. The molecule has 0 saturated carbocycles. The van der Waals surface area contributed by atoms with E-state index < -0.39 is 26.0 Å². The zero-order valence-electron chi connectivity index (χ0n) is 19.9. The predicted molar refractivity (Wildman–Crippen MR) is 131 cm³/mol. The second kappa shape index (κ2) is 11.5. The minimum atomic E-state index is -3.76. The fourth-order valence-corrected chi connectivity index (χ4v) is 5.40. The largest absolute Gasteiger partial charge is 0.497 e. The van der Waals surface area contributed by atoms with Crippen molar-refractivity contribution in [3.05, 3.63) is 42.5 Å². The SMILES string of the molecule is COc1ccc(N(CCCC(=O)Nc2cc(S(=O)(=O)NC(C)C)ccc2OC)S(C)(=O)=O)cc1. The lowest BCUT2D eigenvalue weighted by Crippen LogP contribution is -2.31. The molecule has 0 atom stereocenters. The Morgan fingerprint density at radius 1 is 1.00 bits per heavy atom. The summed E-state index contributed by atoms with van der Waals surface area (Å²) >= 11 is 0. The number of hydrogen-bond acceptors (Lipinski definition) is 7. The molecule has 12 heteroatoms.